The van der Waals surface area contributed by atoms with E-state index in [-0.39, 0.29) is 19.2 Å². The molecule has 1 fully saturated rings. The monoisotopic (exact) mass is 450 g/mol. The number of benzene rings is 3. The van der Waals surface area contributed by atoms with E-state index in [0.29, 0.717) is 24.7 Å². The van der Waals surface area contributed by atoms with Crippen LogP contribution in [0.15, 0.2) is 84.9 Å². The van der Waals surface area contributed by atoms with Crippen LogP contribution in [-0.4, -0.2) is 46.2 Å². The average Bonchev–Trinajstić information content (AvgIpc) is 3.21. The second kappa shape index (κ2) is 10.6. The molecule has 1 saturated heterocycles. The first-order chi connectivity index (χ1) is 15.6. The molecule has 0 radical (unpaired) electrons. The maximum Gasteiger partial charge on any atom is 0.410 e. The van der Waals surface area contributed by atoms with Crippen molar-refractivity contribution in [3.63, 3.8) is 0 Å². The van der Waals surface area contributed by atoms with Crippen LogP contribution in [0.25, 0.3) is 0 Å². The molecule has 1 amide bonds. The van der Waals surface area contributed by atoms with Crippen molar-refractivity contribution >= 4 is 17.7 Å². The van der Waals surface area contributed by atoms with Crippen LogP contribution in [0.3, 0.4) is 0 Å². The lowest BCUT2D eigenvalue weighted by Gasteiger charge is -2.31. The van der Waals surface area contributed by atoms with Crippen molar-refractivity contribution in [2.45, 2.75) is 31.8 Å². The van der Waals surface area contributed by atoms with Crippen molar-refractivity contribution in [3.8, 4) is 0 Å². The van der Waals surface area contributed by atoms with Crippen LogP contribution in [0.1, 0.15) is 16.7 Å². The maximum absolute atomic E-state index is 12.7. The van der Waals surface area contributed by atoms with Crippen LogP contribution in [0.5, 0.6) is 0 Å². The third-order valence-corrected chi connectivity index (χ3v) is 6.12. The van der Waals surface area contributed by atoms with E-state index in [9.17, 15) is 9.90 Å². The number of hydrogen-bond donors (Lipinski definition) is 1. The number of ether oxygens (including phenoxy) is 1. The lowest BCUT2D eigenvalue weighted by Crippen LogP contribution is -2.42. The van der Waals surface area contributed by atoms with E-state index in [0.717, 1.165) is 16.7 Å². The summed E-state index contributed by atoms with van der Waals surface area (Å²) in [5.74, 6) is 0. The maximum atomic E-state index is 12.7. The summed E-state index contributed by atoms with van der Waals surface area (Å²) in [6, 6.07) is 27.2. The molecule has 0 unspecified atom stereocenters. The molecule has 1 heterocycles. The standard InChI is InChI=1S/C26H27ClN2O3/c27-23-14-8-7-13-22(23)16-28(15-20-9-3-1-4-10-20)24-17-29(18-25(24)30)26(31)32-19-21-11-5-2-6-12-21/h1-14,24-25,30H,15-19H2/t24-,25-/m0/s1. The van der Waals surface area contributed by atoms with Gasteiger partial charge in [0.05, 0.1) is 18.7 Å². The summed E-state index contributed by atoms with van der Waals surface area (Å²) in [6.07, 6.45) is -1.08. The number of likely N-dealkylation sites (tertiary alicyclic amines) is 1. The Bertz CT molecular complexity index is 1020. The summed E-state index contributed by atoms with van der Waals surface area (Å²) in [5, 5.41) is 11.6. The highest BCUT2D eigenvalue weighted by atomic mass is 35.5. The van der Waals surface area contributed by atoms with Gasteiger partial charge in [-0.05, 0) is 22.8 Å². The van der Waals surface area contributed by atoms with Gasteiger partial charge in [-0.25, -0.2) is 4.79 Å². The third kappa shape index (κ3) is 5.68. The molecule has 0 aromatic heterocycles. The summed E-state index contributed by atoms with van der Waals surface area (Å²) in [6.45, 7) is 2.06. The highest BCUT2D eigenvalue weighted by Gasteiger charge is 2.38. The first-order valence-electron chi connectivity index (χ1n) is 10.8. The predicted octanol–water partition coefficient (Wildman–Crippen LogP) is 4.72. The number of hydrogen-bond acceptors (Lipinski definition) is 4. The molecule has 0 saturated carbocycles. The minimum Gasteiger partial charge on any atom is -0.445 e. The molecule has 3 aromatic carbocycles. The van der Waals surface area contributed by atoms with E-state index >= 15 is 0 Å². The fourth-order valence-corrected chi connectivity index (χ4v) is 4.24. The van der Waals surface area contributed by atoms with Crippen molar-refractivity contribution < 1.29 is 14.6 Å². The Labute approximate surface area is 193 Å². The Morgan fingerprint density at radius 2 is 1.53 bits per heavy atom. The van der Waals surface area contributed by atoms with E-state index in [2.05, 4.69) is 17.0 Å². The molecule has 0 aliphatic carbocycles. The van der Waals surface area contributed by atoms with E-state index in [1.165, 1.54) is 0 Å². The molecule has 32 heavy (non-hydrogen) atoms. The van der Waals surface area contributed by atoms with Crippen LogP contribution in [-0.2, 0) is 24.4 Å². The Hall–Kier alpha value is -2.86. The summed E-state index contributed by atoms with van der Waals surface area (Å²) < 4.78 is 5.48. The molecule has 0 spiro atoms. The molecular formula is C26H27ClN2O3. The lowest BCUT2D eigenvalue weighted by atomic mass is 10.1. The van der Waals surface area contributed by atoms with Gasteiger partial charge in [-0.2, -0.15) is 0 Å². The molecule has 0 bridgehead atoms. The van der Waals surface area contributed by atoms with Gasteiger partial charge in [0.2, 0.25) is 0 Å². The zero-order valence-corrected chi connectivity index (χ0v) is 18.6. The van der Waals surface area contributed by atoms with Crippen LogP contribution in [0.4, 0.5) is 4.79 Å². The summed E-state index contributed by atoms with van der Waals surface area (Å²) in [7, 11) is 0. The Morgan fingerprint density at radius 1 is 0.906 bits per heavy atom. The molecular weight excluding hydrogens is 424 g/mol. The van der Waals surface area contributed by atoms with Gasteiger partial charge in [0.15, 0.2) is 0 Å². The minimum absolute atomic E-state index is 0.213. The largest absolute Gasteiger partial charge is 0.445 e. The number of amides is 1. The summed E-state index contributed by atoms with van der Waals surface area (Å²) in [5.41, 5.74) is 3.06. The molecule has 1 aliphatic heterocycles. The topological polar surface area (TPSA) is 53.0 Å². The van der Waals surface area contributed by atoms with Gasteiger partial charge in [-0.1, -0.05) is 90.5 Å². The van der Waals surface area contributed by atoms with Crippen LogP contribution < -0.4 is 0 Å². The second-order valence-corrected chi connectivity index (χ2v) is 8.47. The first kappa shape index (κ1) is 22.3. The van der Waals surface area contributed by atoms with E-state index in [1.807, 2.05) is 72.8 Å². The molecule has 1 aliphatic rings. The van der Waals surface area contributed by atoms with E-state index < -0.39 is 12.2 Å². The average molecular weight is 451 g/mol. The van der Waals surface area contributed by atoms with Gasteiger partial charge < -0.3 is 14.7 Å². The van der Waals surface area contributed by atoms with Crippen LogP contribution in [0, 0.1) is 0 Å². The number of carbonyl (C=O) groups is 1. The van der Waals surface area contributed by atoms with Gasteiger partial charge in [-0.3, -0.25) is 4.90 Å². The predicted molar refractivity (Wildman–Crippen MR) is 125 cm³/mol. The number of rotatable bonds is 7. The van der Waals surface area contributed by atoms with Crippen molar-refractivity contribution in [2.24, 2.45) is 0 Å². The van der Waals surface area contributed by atoms with E-state index in [1.54, 1.807) is 4.90 Å². The first-order valence-corrected chi connectivity index (χ1v) is 11.1. The van der Waals surface area contributed by atoms with Gasteiger partial charge in [0, 0.05) is 24.7 Å². The SMILES string of the molecule is O=C(OCc1ccccc1)N1C[C@H](O)[C@@H](N(Cc2ccccc2)Cc2ccccc2Cl)C1. The quantitative estimate of drug-likeness (QED) is 0.565. The molecule has 6 heteroatoms. The van der Waals surface area contributed by atoms with Crippen LogP contribution >= 0.6 is 11.6 Å². The number of nitrogens with zero attached hydrogens (tertiary/aromatic N) is 2. The number of aliphatic hydroxyl groups is 1. The number of β-amino-alcohol motifs (C(OH)–C–C–N with tert-alkyl or cyclic N) is 1. The van der Waals surface area contributed by atoms with Crippen molar-refractivity contribution in [3.05, 3.63) is 107 Å². The highest BCUT2D eigenvalue weighted by Crippen LogP contribution is 2.25. The molecule has 5 nitrogen and oxygen atoms in total. The fraction of sp³-hybridized carbons (Fsp3) is 0.269. The van der Waals surface area contributed by atoms with E-state index in [4.69, 9.17) is 16.3 Å². The highest BCUT2D eigenvalue weighted by molar-refractivity contribution is 6.31. The van der Waals surface area contributed by atoms with Gasteiger partial charge in [0.25, 0.3) is 0 Å². The van der Waals surface area contributed by atoms with Crippen molar-refractivity contribution in [2.75, 3.05) is 13.1 Å². The van der Waals surface area contributed by atoms with Crippen LogP contribution in [0.2, 0.25) is 5.02 Å². The Balaban J connectivity index is 1.46. The Morgan fingerprint density at radius 3 is 2.22 bits per heavy atom. The second-order valence-electron chi connectivity index (χ2n) is 8.06. The number of halogens is 1. The zero-order valence-electron chi connectivity index (χ0n) is 17.8. The fourth-order valence-electron chi connectivity index (χ4n) is 4.04. The minimum atomic E-state index is -0.675. The summed E-state index contributed by atoms with van der Waals surface area (Å²) in [4.78, 5) is 16.4. The molecule has 3 aromatic rings. The van der Waals surface area contributed by atoms with Gasteiger partial charge in [0.1, 0.15) is 6.61 Å². The van der Waals surface area contributed by atoms with Crippen molar-refractivity contribution in [1.29, 1.82) is 0 Å². The Kier molecular flexibility index (Phi) is 7.43. The number of aliphatic hydroxyl groups excluding tert-OH is 1. The number of carbonyl (C=O) groups excluding carboxylic acids is 1. The van der Waals surface area contributed by atoms with Gasteiger partial charge in [-0.15, -0.1) is 0 Å². The normalized spacial score (nSPS) is 18.2. The van der Waals surface area contributed by atoms with Crippen molar-refractivity contribution in [1.82, 2.24) is 9.80 Å². The third-order valence-electron chi connectivity index (χ3n) is 5.75. The molecule has 166 valence electrons. The van der Waals surface area contributed by atoms with Gasteiger partial charge >= 0.3 is 6.09 Å². The summed E-state index contributed by atoms with van der Waals surface area (Å²) >= 11 is 6.42. The molecule has 4 rings (SSSR count). The molecule has 2 atom stereocenters. The zero-order chi connectivity index (χ0) is 22.3. The molecule has 1 N–H and O–H groups in total. The smallest absolute Gasteiger partial charge is 0.410 e. The lowest BCUT2D eigenvalue weighted by molar-refractivity contribution is 0.0728.